The number of aromatic nitrogens is 2. The van der Waals surface area contributed by atoms with Gasteiger partial charge in [-0.3, -0.25) is 4.79 Å². The van der Waals surface area contributed by atoms with Gasteiger partial charge in [-0.05, 0) is 19.1 Å². The van der Waals surface area contributed by atoms with E-state index in [1.807, 2.05) is 31.2 Å². The molecule has 2 aromatic heterocycles. The molecule has 0 atom stereocenters. The second-order valence-electron chi connectivity index (χ2n) is 4.72. The smallest absolute Gasteiger partial charge is 0.276 e. The number of hydrogen-bond donors (Lipinski definition) is 1. The summed E-state index contributed by atoms with van der Waals surface area (Å²) in [5.41, 5.74) is 2.56. The number of amides is 1. The van der Waals surface area contributed by atoms with Crippen LogP contribution in [0.2, 0.25) is 5.02 Å². The molecule has 22 heavy (non-hydrogen) atoms. The standard InChI is InChI=1S/C16H12ClN3OS/c1-10-2-4-11(5-3-10)16-19-13(9-22-16)15(21)20-14-7-6-12(17)8-18-14/h2-9H,1H3,(H,18,20,21). The lowest BCUT2D eigenvalue weighted by atomic mass is 10.2. The largest absolute Gasteiger partial charge is 0.305 e. The Balaban J connectivity index is 1.76. The number of rotatable bonds is 3. The van der Waals surface area contributed by atoms with Crippen molar-refractivity contribution in [3.63, 3.8) is 0 Å². The first-order chi connectivity index (χ1) is 10.6. The average Bonchev–Trinajstić information content (AvgIpc) is 3.00. The third kappa shape index (κ3) is 3.32. The quantitative estimate of drug-likeness (QED) is 0.774. The molecule has 1 amide bonds. The first-order valence-electron chi connectivity index (χ1n) is 6.57. The van der Waals surface area contributed by atoms with E-state index in [1.54, 1.807) is 17.5 Å². The van der Waals surface area contributed by atoms with Gasteiger partial charge in [0.05, 0.1) is 5.02 Å². The Kier molecular flexibility index (Phi) is 4.18. The summed E-state index contributed by atoms with van der Waals surface area (Å²) < 4.78 is 0. The van der Waals surface area contributed by atoms with E-state index in [2.05, 4.69) is 15.3 Å². The summed E-state index contributed by atoms with van der Waals surface area (Å²) >= 11 is 7.20. The molecule has 0 bridgehead atoms. The Hall–Kier alpha value is -2.24. The maximum Gasteiger partial charge on any atom is 0.276 e. The molecule has 0 saturated carbocycles. The van der Waals surface area contributed by atoms with Gasteiger partial charge in [0, 0.05) is 17.1 Å². The first-order valence-corrected chi connectivity index (χ1v) is 7.83. The number of halogens is 1. The lowest BCUT2D eigenvalue weighted by Gasteiger charge is -2.01. The SMILES string of the molecule is Cc1ccc(-c2nc(C(=O)Nc3ccc(Cl)cn3)cs2)cc1. The molecule has 0 saturated heterocycles. The zero-order valence-corrected chi connectivity index (χ0v) is 13.3. The monoisotopic (exact) mass is 329 g/mol. The number of pyridine rings is 1. The highest BCUT2D eigenvalue weighted by atomic mass is 35.5. The van der Waals surface area contributed by atoms with Crippen LogP contribution >= 0.6 is 22.9 Å². The molecule has 2 heterocycles. The Bertz CT molecular complexity index is 797. The van der Waals surface area contributed by atoms with E-state index in [0.717, 1.165) is 10.6 Å². The molecule has 1 aromatic carbocycles. The van der Waals surface area contributed by atoms with Gasteiger partial charge in [-0.1, -0.05) is 41.4 Å². The van der Waals surface area contributed by atoms with Crippen LogP contribution in [0.3, 0.4) is 0 Å². The third-order valence-corrected chi connectivity index (χ3v) is 4.12. The fourth-order valence-corrected chi connectivity index (χ4v) is 2.75. The van der Waals surface area contributed by atoms with Crippen molar-refractivity contribution >= 4 is 34.7 Å². The van der Waals surface area contributed by atoms with Crippen LogP contribution in [0, 0.1) is 6.92 Å². The number of nitrogens with one attached hydrogen (secondary N) is 1. The molecule has 110 valence electrons. The first kappa shape index (κ1) is 14.7. The summed E-state index contributed by atoms with van der Waals surface area (Å²) in [6.45, 7) is 2.03. The highest BCUT2D eigenvalue weighted by Crippen LogP contribution is 2.24. The van der Waals surface area contributed by atoms with Crippen LogP contribution in [0.4, 0.5) is 5.82 Å². The number of carbonyl (C=O) groups excluding carboxylic acids is 1. The number of nitrogens with zero attached hydrogens (tertiary/aromatic N) is 2. The van der Waals surface area contributed by atoms with Crippen LogP contribution in [0.25, 0.3) is 10.6 Å². The molecule has 0 spiro atoms. The summed E-state index contributed by atoms with van der Waals surface area (Å²) in [6.07, 6.45) is 1.48. The lowest BCUT2D eigenvalue weighted by Crippen LogP contribution is -2.13. The van der Waals surface area contributed by atoms with Crippen molar-refractivity contribution in [3.8, 4) is 10.6 Å². The van der Waals surface area contributed by atoms with Crippen molar-refractivity contribution in [1.29, 1.82) is 0 Å². The zero-order valence-electron chi connectivity index (χ0n) is 11.7. The lowest BCUT2D eigenvalue weighted by molar-refractivity contribution is 0.102. The second kappa shape index (κ2) is 6.25. The number of aryl methyl sites for hydroxylation is 1. The Morgan fingerprint density at radius 1 is 1.18 bits per heavy atom. The van der Waals surface area contributed by atoms with E-state index >= 15 is 0 Å². The summed E-state index contributed by atoms with van der Waals surface area (Å²) in [7, 11) is 0. The molecule has 0 unspecified atom stereocenters. The summed E-state index contributed by atoms with van der Waals surface area (Å²) in [5.74, 6) is 0.156. The van der Waals surface area contributed by atoms with Gasteiger partial charge >= 0.3 is 0 Å². The summed E-state index contributed by atoms with van der Waals surface area (Å²) in [4.78, 5) is 20.6. The highest BCUT2D eigenvalue weighted by Gasteiger charge is 2.12. The fraction of sp³-hybridized carbons (Fsp3) is 0.0625. The van der Waals surface area contributed by atoms with Crippen molar-refractivity contribution in [3.05, 3.63) is 64.3 Å². The van der Waals surface area contributed by atoms with Crippen LogP contribution in [-0.2, 0) is 0 Å². The molecule has 0 radical (unpaired) electrons. The van der Waals surface area contributed by atoms with Gasteiger partial charge in [0.2, 0.25) is 0 Å². The molecule has 4 nitrogen and oxygen atoms in total. The molecular formula is C16H12ClN3OS. The van der Waals surface area contributed by atoms with Crippen molar-refractivity contribution in [1.82, 2.24) is 9.97 Å². The molecule has 0 aliphatic carbocycles. The van der Waals surface area contributed by atoms with Crippen LogP contribution in [0.5, 0.6) is 0 Å². The second-order valence-corrected chi connectivity index (χ2v) is 6.01. The van der Waals surface area contributed by atoms with Crippen LogP contribution < -0.4 is 5.32 Å². The number of anilines is 1. The number of hydrogen-bond acceptors (Lipinski definition) is 4. The maximum atomic E-state index is 12.2. The van der Waals surface area contributed by atoms with Crippen molar-refractivity contribution in [2.75, 3.05) is 5.32 Å². The van der Waals surface area contributed by atoms with Crippen LogP contribution in [-0.4, -0.2) is 15.9 Å². The summed E-state index contributed by atoms with van der Waals surface area (Å²) in [6, 6.07) is 11.4. The van der Waals surface area contributed by atoms with Crippen molar-refractivity contribution in [2.45, 2.75) is 6.92 Å². The third-order valence-electron chi connectivity index (χ3n) is 3.00. The molecule has 1 N–H and O–H groups in total. The number of carbonyl (C=O) groups is 1. The van der Waals surface area contributed by atoms with E-state index in [-0.39, 0.29) is 5.91 Å². The van der Waals surface area contributed by atoms with Crippen molar-refractivity contribution in [2.24, 2.45) is 0 Å². The van der Waals surface area contributed by atoms with E-state index in [4.69, 9.17) is 11.6 Å². The van der Waals surface area contributed by atoms with Gasteiger partial charge in [-0.2, -0.15) is 0 Å². The minimum atomic E-state index is -0.288. The molecular weight excluding hydrogens is 318 g/mol. The van der Waals surface area contributed by atoms with Crippen LogP contribution in [0.15, 0.2) is 48.0 Å². The van der Waals surface area contributed by atoms with Crippen molar-refractivity contribution < 1.29 is 4.79 Å². The topological polar surface area (TPSA) is 54.9 Å². The molecule has 0 fully saturated rings. The molecule has 3 aromatic rings. The molecule has 3 rings (SSSR count). The summed E-state index contributed by atoms with van der Waals surface area (Å²) in [5, 5.41) is 5.77. The maximum absolute atomic E-state index is 12.2. The van der Waals surface area contributed by atoms with Gasteiger partial charge in [-0.25, -0.2) is 9.97 Å². The van der Waals surface area contributed by atoms with Gasteiger partial charge in [0.1, 0.15) is 16.5 Å². The van der Waals surface area contributed by atoms with Gasteiger partial charge in [0.15, 0.2) is 0 Å². The minimum Gasteiger partial charge on any atom is -0.305 e. The van der Waals surface area contributed by atoms with Crippen LogP contribution in [0.1, 0.15) is 16.1 Å². The predicted molar refractivity (Wildman–Crippen MR) is 89.5 cm³/mol. The van der Waals surface area contributed by atoms with E-state index in [9.17, 15) is 4.79 Å². The highest BCUT2D eigenvalue weighted by molar-refractivity contribution is 7.13. The van der Waals surface area contributed by atoms with Gasteiger partial charge in [-0.15, -0.1) is 11.3 Å². The average molecular weight is 330 g/mol. The molecule has 0 aliphatic rings. The van der Waals surface area contributed by atoms with Gasteiger partial charge < -0.3 is 5.32 Å². The number of benzene rings is 1. The van der Waals surface area contributed by atoms with Gasteiger partial charge in [0.25, 0.3) is 5.91 Å². The van der Waals surface area contributed by atoms with E-state index in [0.29, 0.717) is 16.5 Å². The van der Waals surface area contributed by atoms with E-state index < -0.39 is 0 Å². The minimum absolute atomic E-state index is 0.288. The zero-order chi connectivity index (χ0) is 15.5. The van der Waals surface area contributed by atoms with E-state index in [1.165, 1.54) is 23.1 Å². The molecule has 6 heteroatoms. The molecule has 0 aliphatic heterocycles. The number of thiazole rings is 1. The normalized spacial score (nSPS) is 10.5. The predicted octanol–water partition coefficient (Wildman–Crippen LogP) is 4.42. The Labute approximate surface area is 136 Å². The Morgan fingerprint density at radius 3 is 2.64 bits per heavy atom. The Morgan fingerprint density at radius 2 is 1.95 bits per heavy atom. The fourth-order valence-electron chi connectivity index (χ4n) is 1.84.